The van der Waals surface area contributed by atoms with E-state index in [9.17, 15) is 29.1 Å². The lowest BCUT2D eigenvalue weighted by Gasteiger charge is -2.02. The van der Waals surface area contributed by atoms with E-state index in [4.69, 9.17) is 54.7 Å². The predicted octanol–water partition coefficient (Wildman–Crippen LogP) is 8.27. The number of Topliss-reactive ketones (excluding diaryl/α,β-unsaturated/α-hetero) is 3. The van der Waals surface area contributed by atoms with E-state index in [0.717, 1.165) is 0 Å². The van der Waals surface area contributed by atoms with Crippen LogP contribution in [-0.2, 0) is 25.8 Å². The number of carbonyl (C=O) groups is 3. The van der Waals surface area contributed by atoms with Gasteiger partial charge < -0.3 is 23.8 Å². The molecule has 0 spiro atoms. The maximum atomic E-state index is 11.8. The largest absolute Gasteiger partial charge is 0.507 e. The van der Waals surface area contributed by atoms with E-state index in [1.165, 1.54) is 38.1 Å². The Hall–Kier alpha value is -5.68. The summed E-state index contributed by atoms with van der Waals surface area (Å²) in [5.74, 6) is 0.766. The van der Waals surface area contributed by atoms with E-state index in [1.807, 2.05) is 24.3 Å². The Bertz CT molecular complexity index is 2500. The first-order chi connectivity index (χ1) is 27.2. The third-order valence-corrected chi connectivity index (χ3v) is 7.48. The Morgan fingerprint density at radius 2 is 1.14 bits per heavy atom. The Balaban J connectivity index is 0.000000363. The first-order valence-corrected chi connectivity index (χ1v) is 19.1. The average Bonchev–Trinajstić information content (AvgIpc) is 3.15. The minimum atomic E-state index is -4.67. The van der Waals surface area contributed by atoms with Crippen LogP contribution < -0.4 is 10.9 Å². The molecular weight excluding hydrogens is 819 g/mol. The van der Waals surface area contributed by atoms with Crippen molar-refractivity contribution in [3.63, 3.8) is 0 Å². The highest BCUT2D eigenvalue weighted by Crippen LogP contribution is 2.18. The van der Waals surface area contributed by atoms with Crippen molar-refractivity contribution in [3.8, 4) is 11.5 Å². The molecule has 4 N–H and O–H groups in total. The number of carbonyl (C=O) groups excluding carboxylic acids is 3. The lowest BCUT2D eigenvalue weighted by Crippen LogP contribution is -2.09. The van der Waals surface area contributed by atoms with Gasteiger partial charge in [-0.3, -0.25) is 33.1 Å². The number of hydrogen-bond donors (Lipinski definition) is 4. The Morgan fingerprint density at radius 1 is 0.707 bits per heavy atom. The van der Waals surface area contributed by atoms with Gasteiger partial charge in [-0.15, -0.1) is 11.6 Å². The molecule has 17 heteroatoms. The molecule has 0 saturated heterocycles. The molecular formula is C41H42Cl2O14S. The summed E-state index contributed by atoms with van der Waals surface area (Å²) in [5, 5.41) is 19.6. The SMILES string of the molecule is CC(=O)CC(=O)c1ccccc1O.CC(=O)c1ccccc1O.COCCl.Cc1cc(=O)c2ccccc2o1.Cc1oc2ccccc2c(=O)c1CCl.O=S(=O)(O)O. The predicted molar refractivity (Wildman–Crippen MR) is 222 cm³/mol. The highest BCUT2D eigenvalue weighted by molar-refractivity contribution is 7.79. The molecule has 0 amide bonds. The molecule has 58 heavy (non-hydrogen) atoms. The molecule has 0 aliphatic rings. The van der Waals surface area contributed by atoms with Gasteiger partial charge in [0, 0.05) is 13.2 Å². The fourth-order valence-corrected chi connectivity index (χ4v) is 4.78. The second kappa shape index (κ2) is 25.5. The van der Waals surface area contributed by atoms with Crippen molar-refractivity contribution in [2.24, 2.45) is 0 Å². The maximum absolute atomic E-state index is 11.8. The number of phenolic OH excluding ortho intramolecular Hbond substituents is 2. The van der Waals surface area contributed by atoms with Crippen molar-refractivity contribution in [3.05, 3.63) is 152 Å². The number of halogens is 2. The minimum absolute atomic E-state index is 0.0225. The van der Waals surface area contributed by atoms with E-state index < -0.39 is 10.4 Å². The van der Waals surface area contributed by atoms with Crippen molar-refractivity contribution < 1.29 is 55.7 Å². The topological polar surface area (TPSA) is 236 Å². The molecule has 0 saturated carbocycles. The molecule has 6 rings (SSSR count). The van der Waals surface area contributed by atoms with Gasteiger partial charge in [-0.25, -0.2) is 0 Å². The van der Waals surface area contributed by atoms with Gasteiger partial charge in [-0.05, 0) is 76.2 Å². The molecule has 4 aromatic carbocycles. The van der Waals surface area contributed by atoms with Gasteiger partial charge in [0.05, 0.1) is 39.8 Å². The fourth-order valence-electron chi connectivity index (χ4n) is 4.47. The lowest BCUT2D eigenvalue weighted by molar-refractivity contribution is -0.116. The quantitative estimate of drug-likeness (QED) is 0.0534. The summed E-state index contributed by atoms with van der Waals surface area (Å²) in [5.41, 5.74) is 2.39. The zero-order valence-electron chi connectivity index (χ0n) is 32.0. The van der Waals surface area contributed by atoms with Gasteiger partial charge in [0.2, 0.25) is 0 Å². The zero-order valence-corrected chi connectivity index (χ0v) is 34.3. The van der Waals surface area contributed by atoms with Gasteiger partial charge in [0.15, 0.2) is 22.4 Å². The van der Waals surface area contributed by atoms with Crippen LogP contribution in [0, 0.1) is 13.8 Å². The molecule has 0 aliphatic heterocycles. The summed E-state index contributed by atoms with van der Waals surface area (Å²) in [6, 6.07) is 28.9. The second-order valence-corrected chi connectivity index (χ2v) is 12.9. The van der Waals surface area contributed by atoms with Crippen molar-refractivity contribution in [1.82, 2.24) is 0 Å². The average molecular weight is 862 g/mol. The smallest absolute Gasteiger partial charge is 0.394 e. The molecule has 0 fully saturated rings. The molecule has 0 radical (unpaired) electrons. The van der Waals surface area contributed by atoms with Crippen LogP contribution in [0.2, 0.25) is 0 Å². The summed E-state index contributed by atoms with van der Waals surface area (Å²) in [6.07, 6.45) is -0.155. The third-order valence-electron chi connectivity index (χ3n) is 6.99. The molecule has 0 atom stereocenters. The highest BCUT2D eigenvalue weighted by atomic mass is 35.5. The highest BCUT2D eigenvalue weighted by Gasteiger charge is 2.12. The normalized spacial score (nSPS) is 10.0. The first kappa shape index (κ1) is 50.3. The van der Waals surface area contributed by atoms with Crippen molar-refractivity contribution in [2.75, 3.05) is 13.2 Å². The number of benzene rings is 4. The molecule has 310 valence electrons. The first-order valence-electron chi connectivity index (χ1n) is 16.7. The summed E-state index contributed by atoms with van der Waals surface area (Å²) < 4.78 is 46.7. The van der Waals surface area contributed by atoms with Crippen LogP contribution in [0.1, 0.15) is 58.1 Å². The van der Waals surface area contributed by atoms with Crippen LogP contribution in [0.15, 0.2) is 122 Å². The van der Waals surface area contributed by atoms with E-state index in [2.05, 4.69) is 4.74 Å². The molecule has 0 aliphatic carbocycles. The van der Waals surface area contributed by atoms with Crippen LogP contribution in [0.25, 0.3) is 21.9 Å². The summed E-state index contributed by atoms with van der Waals surface area (Å²) in [4.78, 5) is 55.8. The van der Waals surface area contributed by atoms with E-state index in [-0.39, 0.29) is 57.6 Å². The van der Waals surface area contributed by atoms with Gasteiger partial charge in [0.1, 0.15) is 46.0 Å². The molecule has 6 aromatic rings. The number of phenols is 2. The summed E-state index contributed by atoms with van der Waals surface area (Å²) in [7, 11) is -3.12. The lowest BCUT2D eigenvalue weighted by atomic mass is 10.1. The Labute approximate surface area is 343 Å². The van der Waals surface area contributed by atoms with Gasteiger partial charge >= 0.3 is 10.4 Å². The molecule has 0 unspecified atom stereocenters. The van der Waals surface area contributed by atoms with Crippen LogP contribution in [0.4, 0.5) is 0 Å². The number of hydrogen-bond acceptors (Lipinski definition) is 12. The third kappa shape index (κ3) is 18.5. The maximum Gasteiger partial charge on any atom is 0.394 e. The van der Waals surface area contributed by atoms with Crippen LogP contribution in [0.5, 0.6) is 11.5 Å². The summed E-state index contributed by atoms with van der Waals surface area (Å²) >= 11 is 10.6. The number of aryl methyl sites for hydroxylation is 2. The number of aromatic hydroxyl groups is 2. The number of alkyl halides is 2. The molecule has 2 aromatic heterocycles. The summed E-state index contributed by atoms with van der Waals surface area (Å²) in [6.45, 7) is 6.30. The van der Waals surface area contributed by atoms with Crippen molar-refractivity contribution >= 4 is 72.9 Å². The molecule has 0 bridgehead atoms. The number of ether oxygens (including phenoxy) is 1. The monoisotopic (exact) mass is 860 g/mol. The number of para-hydroxylation sites is 4. The van der Waals surface area contributed by atoms with Gasteiger partial charge in [0.25, 0.3) is 0 Å². The van der Waals surface area contributed by atoms with E-state index >= 15 is 0 Å². The standard InChI is InChI=1S/C11H9ClO2.C10H10O3.C10H8O2.C8H8O2.C2H5ClO.H2O4S/c1-7-9(6-12)11(13)8-4-2-3-5-10(8)14-7;1-7(11)6-10(13)8-4-2-3-5-9(8)12;1-7-6-9(11)8-4-2-3-5-10(8)12-7;1-6(9)7-4-2-3-5-8(7)10;1-4-2-3;1-5(2,3)4/h2-5H,6H2,1H3;2-5,12H,6H2,1H3;2-6H,1H3;2-5,10H,1H3;2H2,1H3;(H2,1,2,3,4). The van der Waals surface area contributed by atoms with Crippen LogP contribution in [0.3, 0.4) is 0 Å². The number of fused-ring (bicyclic) bond motifs is 2. The Kier molecular flexibility index (Phi) is 22.2. The van der Waals surface area contributed by atoms with Crippen LogP contribution >= 0.6 is 23.2 Å². The molecule has 14 nitrogen and oxygen atoms in total. The van der Waals surface area contributed by atoms with Crippen LogP contribution in [-0.4, -0.2) is 58.3 Å². The second-order valence-electron chi connectivity index (χ2n) is 11.6. The Morgan fingerprint density at radius 3 is 1.57 bits per heavy atom. The van der Waals surface area contributed by atoms with Gasteiger partial charge in [-0.1, -0.05) is 60.1 Å². The number of ketones is 3. The van der Waals surface area contributed by atoms with Crippen molar-refractivity contribution in [1.29, 1.82) is 0 Å². The van der Waals surface area contributed by atoms with Gasteiger partial charge in [-0.2, -0.15) is 8.42 Å². The zero-order chi connectivity index (χ0) is 44.0. The van der Waals surface area contributed by atoms with E-state index in [1.54, 1.807) is 75.6 Å². The molecule has 2 heterocycles. The number of methoxy groups -OCH3 is 1. The fraction of sp³-hybridized carbons (Fsp3) is 0.195. The van der Waals surface area contributed by atoms with E-state index in [0.29, 0.717) is 50.7 Å². The van der Waals surface area contributed by atoms with Crippen molar-refractivity contribution in [2.45, 2.75) is 40.0 Å². The number of rotatable bonds is 6. The minimum Gasteiger partial charge on any atom is -0.507 e.